The van der Waals surface area contributed by atoms with Crippen molar-refractivity contribution in [2.75, 3.05) is 13.1 Å². The Balaban J connectivity index is 1.60. The Bertz CT molecular complexity index is 738. The smallest absolute Gasteiger partial charge is 0.319 e. The van der Waals surface area contributed by atoms with Crippen molar-refractivity contribution < 1.29 is 4.79 Å². The monoisotopic (exact) mass is 378 g/mol. The maximum atomic E-state index is 12.8. The molecule has 0 N–H and O–H groups in total. The maximum Gasteiger partial charge on any atom is 0.320 e. The minimum absolute atomic E-state index is 0.139. The summed E-state index contributed by atoms with van der Waals surface area (Å²) in [6.45, 7) is 16.3. The Morgan fingerprint density at radius 2 is 0.964 bits per heavy atom. The average Bonchev–Trinajstić information content (AvgIpc) is 2.94. The molecule has 0 bridgehead atoms. The van der Waals surface area contributed by atoms with Crippen LogP contribution in [-0.2, 0) is 23.9 Å². The molecule has 3 nitrogen and oxygen atoms in total. The topological polar surface area (TPSA) is 23.6 Å². The number of urea groups is 1. The lowest BCUT2D eigenvalue weighted by Crippen LogP contribution is -2.31. The van der Waals surface area contributed by atoms with Crippen LogP contribution in [0.4, 0.5) is 4.79 Å². The van der Waals surface area contributed by atoms with Gasteiger partial charge in [0.25, 0.3) is 0 Å². The van der Waals surface area contributed by atoms with Crippen molar-refractivity contribution in [3.8, 4) is 0 Å². The minimum Gasteiger partial charge on any atom is -0.319 e. The highest BCUT2D eigenvalue weighted by molar-refractivity contribution is 5.76. The first-order valence-electron chi connectivity index (χ1n) is 10.3. The standard InChI is InChI=1S/C25H34N2O/c1-24(2,3)21-11-7-19(8-12-21)17-26-15-16-27(23(26)28)18-20-9-13-22(14-10-20)25(4,5)6/h7-14H,15-18H2,1-6H3. The molecule has 2 aromatic rings. The van der Waals surface area contributed by atoms with Crippen molar-refractivity contribution in [3.05, 3.63) is 70.8 Å². The lowest BCUT2D eigenvalue weighted by atomic mass is 9.87. The number of rotatable bonds is 4. The van der Waals surface area contributed by atoms with Gasteiger partial charge in [0, 0.05) is 26.2 Å². The second-order valence-electron chi connectivity index (χ2n) is 10.0. The summed E-state index contributed by atoms with van der Waals surface area (Å²) in [5, 5.41) is 0. The van der Waals surface area contributed by atoms with Crippen LogP contribution < -0.4 is 0 Å². The Kier molecular flexibility index (Phi) is 5.56. The van der Waals surface area contributed by atoms with Gasteiger partial charge in [-0.05, 0) is 33.1 Å². The molecule has 0 saturated carbocycles. The van der Waals surface area contributed by atoms with Crippen LogP contribution in [-0.4, -0.2) is 28.9 Å². The summed E-state index contributed by atoms with van der Waals surface area (Å²) in [5.41, 5.74) is 5.34. The predicted octanol–water partition coefficient (Wildman–Crippen LogP) is 5.72. The Hall–Kier alpha value is -2.29. The van der Waals surface area contributed by atoms with Crippen LogP contribution in [0.2, 0.25) is 0 Å². The summed E-state index contributed by atoms with van der Waals surface area (Å²) in [6, 6.07) is 17.5. The van der Waals surface area contributed by atoms with E-state index < -0.39 is 0 Å². The molecular weight excluding hydrogens is 344 g/mol. The van der Waals surface area contributed by atoms with Gasteiger partial charge in [-0.15, -0.1) is 0 Å². The zero-order valence-electron chi connectivity index (χ0n) is 18.2. The zero-order valence-corrected chi connectivity index (χ0v) is 18.2. The molecule has 2 amide bonds. The van der Waals surface area contributed by atoms with Gasteiger partial charge < -0.3 is 9.80 Å². The summed E-state index contributed by atoms with van der Waals surface area (Å²) in [7, 11) is 0. The Labute approximate surface area is 170 Å². The molecule has 0 unspecified atom stereocenters. The van der Waals surface area contributed by atoms with Crippen LogP contribution in [0, 0.1) is 0 Å². The predicted molar refractivity (Wildman–Crippen MR) is 117 cm³/mol. The van der Waals surface area contributed by atoms with Crippen LogP contribution in [0.15, 0.2) is 48.5 Å². The molecule has 0 radical (unpaired) electrons. The van der Waals surface area contributed by atoms with Crippen molar-refractivity contribution >= 4 is 6.03 Å². The fourth-order valence-electron chi connectivity index (χ4n) is 3.59. The summed E-state index contributed by atoms with van der Waals surface area (Å²) in [6.07, 6.45) is 0. The quantitative estimate of drug-likeness (QED) is 0.667. The van der Waals surface area contributed by atoms with Crippen molar-refractivity contribution in [2.24, 2.45) is 0 Å². The fraction of sp³-hybridized carbons (Fsp3) is 0.480. The largest absolute Gasteiger partial charge is 0.320 e. The SMILES string of the molecule is CC(C)(C)c1ccc(CN2CCN(Cc3ccc(C(C)(C)C)cc3)C2=O)cc1. The molecule has 0 atom stereocenters. The van der Waals surface area contributed by atoms with Crippen LogP contribution in [0.3, 0.4) is 0 Å². The van der Waals surface area contributed by atoms with Gasteiger partial charge in [0.1, 0.15) is 0 Å². The molecule has 0 aliphatic carbocycles. The number of hydrogen-bond acceptors (Lipinski definition) is 1. The van der Waals surface area contributed by atoms with Gasteiger partial charge in [-0.3, -0.25) is 0 Å². The third-order valence-corrected chi connectivity index (χ3v) is 5.57. The van der Waals surface area contributed by atoms with Crippen LogP contribution >= 0.6 is 0 Å². The number of carbonyl (C=O) groups is 1. The van der Waals surface area contributed by atoms with E-state index in [-0.39, 0.29) is 16.9 Å². The van der Waals surface area contributed by atoms with E-state index in [1.165, 1.54) is 22.3 Å². The van der Waals surface area contributed by atoms with Crippen molar-refractivity contribution in [2.45, 2.75) is 65.5 Å². The van der Waals surface area contributed by atoms with Crippen molar-refractivity contribution in [1.29, 1.82) is 0 Å². The molecule has 1 fully saturated rings. The molecule has 1 aliphatic rings. The summed E-state index contributed by atoms with van der Waals surface area (Å²) < 4.78 is 0. The number of amides is 2. The van der Waals surface area contributed by atoms with Gasteiger partial charge in [0.2, 0.25) is 0 Å². The molecule has 0 aromatic heterocycles. The zero-order chi connectivity index (χ0) is 20.5. The third-order valence-electron chi connectivity index (χ3n) is 5.57. The molecule has 3 heteroatoms. The van der Waals surface area contributed by atoms with Crippen molar-refractivity contribution in [1.82, 2.24) is 9.80 Å². The molecule has 28 heavy (non-hydrogen) atoms. The summed E-state index contributed by atoms with van der Waals surface area (Å²) >= 11 is 0. The number of benzene rings is 2. The lowest BCUT2D eigenvalue weighted by molar-refractivity contribution is 0.189. The van der Waals surface area contributed by atoms with E-state index in [1.54, 1.807) is 0 Å². The van der Waals surface area contributed by atoms with E-state index in [1.807, 2.05) is 9.80 Å². The number of nitrogens with zero attached hydrogens (tertiary/aromatic N) is 2. The molecule has 1 aliphatic heterocycles. The van der Waals surface area contributed by atoms with Crippen LogP contribution in [0.25, 0.3) is 0 Å². The van der Waals surface area contributed by atoms with Crippen LogP contribution in [0.1, 0.15) is 63.8 Å². The van der Waals surface area contributed by atoms with E-state index in [0.29, 0.717) is 13.1 Å². The molecule has 3 rings (SSSR count). The van der Waals surface area contributed by atoms with Gasteiger partial charge in [0.15, 0.2) is 0 Å². The van der Waals surface area contributed by atoms with E-state index in [9.17, 15) is 4.79 Å². The van der Waals surface area contributed by atoms with Gasteiger partial charge in [-0.1, -0.05) is 90.1 Å². The fourth-order valence-corrected chi connectivity index (χ4v) is 3.59. The van der Waals surface area contributed by atoms with Crippen LogP contribution in [0.5, 0.6) is 0 Å². The summed E-state index contributed by atoms with van der Waals surface area (Å²) in [4.78, 5) is 16.7. The normalized spacial score (nSPS) is 15.4. The lowest BCUT2D eigenvalue weighted by Gasteiger charge is -2.22. The number of carbonyl (C=O) groups excluding carboxylic acids is 1. The van der Waals surface area contributed by atoms with E-state index >= 15 is 0 Å². The second-order valence-corrected chi connectivity index (χ2v) is 10.0. The molecule has 150 valence electrons. The first-order valence-corrected chi connectivity index (χ1v) is 10.3. The highest BCUT2D eigenvalue weighted by Gasteiger charge is 2.28. The van der Waals surface area contributed by atoms with E-state index in [4.69, 9.17) is 0 Å². The van der Waals surface area contributed by atoms with Crippen molar-refractivity contribution in [3.63, 3.8) is 0 Å². The molecule has 0 spiro atoms. The molecule has 1 saturated heterocycles. The highest BCUT2D eigenvalue weighted by atomic mass is 16.2. The van der Waals surface area contributed by atoms with Gasteiger partial charge in [-0.25, -0.2) is 4.79 Å². The first-order chi connectivity index (χ1) is 13.0. The third kappa shape index (κ3) is 4.76. The van der Waals surface area contributed by atoms with E-state index in [0.717, 1.165) is 13.1 Å². The molecular formula is C25H34N2O. The maximum absolute atomic E-state index is 12.8. The second kappa shape index (κ2) is 7.62. The number of hydrogen-bond donors (Lipinski definition) is 0. The van der Waals surface area contributed by atoms with Gasteiger partial charge >= 0.3 is 6.03 Å². The highest BCUT2D eigenvalue weighted by Crippen LogP contribution is 2.25. The van der Waals surface area contributed by atoms with Gasteiger partial charge in [-0.2, -0.15) is 0 Å². The van der Waals surface area contributed by atoms with E-state index in [2.05, 4.69) is 90.1 Å². The molecule has 2 aromatic carbocycles. The summed E-state index contributed by atoms with van der Waals surface area (Å²) in [5.74, 6) is 0. The van der Waals surface area contributed by atoms with Gasteiger partial charge in [0.05, 0.1) is 0 Å². The Morgan fingerprint density at radius 1 is 0.643 bits per heavy atom. The average molecular weight is 379 g/mol. The molecule has 1 heterocycles. The Morgan fingerprint density at radius 3 is 1.25 bits per heavy atom. The minimum atomic E-state index is 0.139. The first kappa shape index (κ1) is 20.4.